The quantitative estimate of drug-likeness (QED) is 0.670. The minimum atomic E-state index is -0.148. The van der Waals surface area contributed by atoms with Crippen LogP contribution in [-0.2, 0) is 14.4 Å². The maximum atomic E-state index is 10.1. The van der Waals surface area contributed by atoms with Crippen LogP contribution in [0.4, 0.5) is 0 Å². The minimum Gasteiger partial charge on any atom is -0.307 e. The van der Waals surface area contributed by atoms with Gasteiger partial charge in [0.15, 0.2) is 0 Å². The van der Waals surface area contributed by atoms with Gasteiger partial charge in [0.25, 0.3) is 0 Å². The molecular weight excluding hydrogens is 206 g/mol. The average Bonchev–Trinajstić information content (AvgIpc) is 2.67. The molecule has 0 bridgehead atoms. The molecule has 1 N–H and O–H groups in total. The molecule has 1 aromatic rings. The van der Waals surface area contributed by atoms with Gasteiger partial charge < -0.3 is 4.79 Å². The van der Waals surface area contributed by atoms with E-state index in [4.69, 9.17) is 4.79 Å². The van der Waals surface area contributed by atoms with E-state index in [2.05, 4.69) is 24.4 Å². The largest absolute Gasteiger partial charge is 0.307 e. The van der Waals surface area contributed by atoms with Crippen LogP contribution in [0.25, 0.3) is 0 Å². The monoisotopic (exact) mass is 221 g/mol. The normalized spacial score (nSPS) is 12.8. The van der Waals surface area contributed by atoms with Crippen LogP contribution < -0.4 is 5.32 Å². The number of imide groups is 1. The first kappa shape index (κ1) is 14.0. The van der Waals surface area contributed by atoms with Crippen molar-refractivity contribution >= 4 is 18.6 Å². The summed E-state index contributed by atoms with van der Waals surface area (Å²) in [7, 11) is 0. The van der Waals surface area contributed by atoms with E-state index >= 15 is 0 Å². The van der Waals surface area contributed by atoms with Crippen molar-refractivity contribution in [2.24, 2.45) is 0 Å². The molecule has 0 radical (unpaired) electrons. The lowest BCUT2D eigenvalue weighted by atomic mass is 10.2. The van der Waals surface area contributed by atoms with Gasteiger partial charge in [-0.15, -0.1) is 0 Å². The number of carbonyl (C=O) groups excluding carboxylic acids is 3. The summed E-state index contributed by atoms with van der Waals surface area (Å²) in [4.78, 5) is 28.2. The molecule has 4 nitrogen and oxygen atoms in total. The van der Waals surface area contributed by atoms with Crippen LogP contribution in [0.1, 0.15) is 18.4 Å². The molecule has 0 aliphatic carbocycles. The zero-order valence-corrected chi connectivity index (χ0v) is 9.23. The number of hydrogen-bond acceptors (Lipinski definition) is 3. The zero-order valence-electron chi connectivity index (χ0n) is 9.23. The average molecular weight is 221 g/mol. The molecule has 1 aliphatic heterocycles. The summed E-state index contributed by atoms with van der Waals surface area (Å²) in [6.07, 6.45) is 0.748. The van der Waals surface area contributed by atoms with Crippen LogP contribution in [0.3, 0.4) is 0 Å². The maximum Gasteiger partial charge on any atom is 0.227 e. The Balaban J connectivity index is 0.000000244. The van der Waals surface area contributed by atoms with Crippen LogP contribution in [-0.4, -0.2) is 18.6 Å². The van der Waals surface area contributed by atoms with Crippen LogP contribution >= 0.6 is 0 Å². The lowest BCUT2D eigenvalue weighted by Gasteiger charge is -1.82. The van der Waals surface area contributed by atoms with Crippen molar-refractivity contribution in [2.45, 2.75) is 19.8 Å². The summed E-state index contributed by atoms with van der Waals surface area (Å²) in [6, 6.07) is 10.3. The lowest BCUT2D eigenvalue weighted by Crippen LogP contribution is -2.18. The molecule has 1 fully saturated rings. The summed E-state index contributed by atoms with van der Waals surface area (Å²) < 4.78 is 0. The molecule has 1 aromatic carbocycles. The van der Waals surface area contributed by atoms with E-state index in [0.717, 1.165) is 0 Å². The van der Waals surface area contributed by atoms with Gasteiger partial charge in [0.2, 0.25) is 11.8 Å². The van der Waals surface area contributed by atoms with Crippen molar-refractivity contribution in [3.8, 4) is 0 Å². The minimum absolute atomic E-state index is 0.148. The standard InChI is InChI=1S/C7H8.C4H5NO2.CH2O/c1-7-5-3-2-4-6-7;6-3-1-2-4(7)5-3;1-2/h2-6H,1H3;1-2H2,(H,5,6,7);1H2. The molecule has 0 saturated carbocycles. The van der Waals surface area contributed by atoms with E-state index in [-0.39, 0.29) is 11.8 Å². The zero-order chi connectivity index (χ0) is 12.4. The molecule has 0 aromatic heterocycles. The van der Waals surface area contributed by atoms with Crippen molar-refractivity contribution in [2.75, 3.05) is 0 Å². The lowest BCUT2D eigenvalue weighted by molar-refractivity contribution is -0.124. The van der Waals surface area contributed by atoms with Crippen LogP contribution in [0, 0.1) is 6.92 Å². The molecule has 16 heavy (non-hydrogen) atoms. The highest BCUT2D eigenvalue weighted by Gasteiger charge is 2.15. The summed E-state index contributed by atoms with van der Waals surface area (Å²) in [5, 5.41) is 2.14. The highest BCUT2D eigenvalue weighted by Crippen LogP contribution is 1.95. The van der Waals surface area contributed by atoms with Gasteiger partial charge in [0.05, 0.1) is 0 Å². The fraction of sp³-hybridized carbons (Fsp3) is 0.250. The van der Waals surface area contributed by atoms with Crippen molar-refractivity contribution in [3.63, 3.8) is 0 Å². The first-order valence-electron chi connectivity index (χ1n) is 4.81. The van der Waals surface area contributed by atoms with E-state index in [1.165, 1.54) is 5.56 Å². The fourth-order valence-electron chi connectivity index (χ4n) is 1.04. The Morgan fingerprint density at radius 3 is 1.62 bits per heavy atom. The van der Waals surface area contributed by atoms with Gasteiger partial charge in [-0.25, -0.2) is 0 Å². The van der Waals surface area contributed by atoms with Gasteiger partial charge in [-0.3, -0.25) is 14.9 Å². The number of amides is 2. The van der Waals surface area contributed by atoms with Gasteiger partial charge in [-0.1, -0.05) is 35.9 Å². The van der Waals surface area contributed by atoms with E-state index < -0.39 is 0 Å². The highest BCUT2D eigenvalue weighted by atomic mass is 16.2. The van der Waals surface area contributed by atoms with Crippen LogP contribution in [0.2, 0.25) is 0 Å². The Bertz CT molecular complexity index is 321. The topological polar surface area (TPSA) is 63.2 Å². The number of nitrogens with one attached hydrogen (secondary N) is 1. The van der Waals surface area contributed by atoms with Gasteiger partial charge in [-0.05, 0) is 6.92 Å². The Hall–Kier alpha value is -1.97. The number of carbonyl (C=O) groups is 3. The Labute approximate surface area is 94.7 Å². The third kappa shape index (κ3) is 6.48. The van der Waals surface area contributed by atoms with Crippen molar-refractivity contribution in [1.29, 1.82) is 0 Å². The van der Waals surface area contributed by atoms with Crippen molar-refractivity contribution in [1.82, 2.24) is 5.32 Å². The van der Waals surface area contributed by atoms with Crippen molar-refractivity contribution < 1.29 is 14.4 Å². The second-order valence-corrected chi connectivity index (χ2v) is 3.13. The Morgan fingerprint density at radius 2 is 1.44 bits per heavy atom. The molecule has 1 heterocycles. The smallest absolute Gasteiger partial charge is 0.227 e. The third-order valence-corrected chi connectivity index (χ3v) is 1.80. The number of rotatable bonds is 0. The number of benzene rings is 1. The maximum absolute atomic E-state index is 10.1. The van der Waals surface area contributed by atoms with E-state index in [9.17, 15) is 9.59 Å². The predicted octanol–water partition coefficient (Wildman–Crippen LogP) is 1.23. The molecule has 0 unspecified atom stereocenters. The van der Waals surface area contributed by atoms with Gasteiger partial charge in [0.1, 0.15) is 6.79 Å². The Morgan fingerprint density at radius 1 is 1.00 bits per heavy atom. The molecule has 2 rings (SSSR count). The molecule has 1 saturated heterocycles. The van der Waals surface area contributed by atoms with E-state index in [1.807, 2.05) is 25.0 Å². The summed E-state index contributed by atoms with van der Waals surface area (Å²) in [6.45, 7) is 4.08. The summed E-state index contributed by atoms with van der Waals surface area (Å²) >= 11 is 0. The van der Waals surface area contributed by atoms with Crippen LogP contribution in [0.5, 0.6) is 0 Å². The first-order valence-corrected chi connectivity index (χ1v) is 4.81. The van der Waals surface area contributed by atoms with E-state index in [1.54, 1.807) is 0 Å². The summed E-state index contributed by atoms with van der Waals surface area (Å²) in [5.41, 5.74) is 1.32. The number of aryl methyl sites for hydroxylation is 1. The third-order valence-electron chi connectivity index (χ3n) is 1.80. The van der Waals surface area contributed by atoms with Gasteiger partial charge >= 0.3 is 0 Å². The molecule has 1 aliphatic rings. The van der Waals surface area contributed by atoms with E-state index in [0.29, 0.717) is 12.8 Å². The second-order valence-electron chi connectivity index (χ2n) is 3.13. The predicted molar refractivity (Wildman–Crippen MR) is 60.7 cm³/mol. The molecule has 86 valence electrons. The molecule has 4 heteroatoms. The number of hydrogen-bond donors (Lipinski definition) is 1. The van der Waals surface area contributed by atoms with Crippen LogP contribution in [0.15, 0.2) is 30.3 Å². The summed E-state index contributed by atoms with van der Waals surface area (Å²) in [5.74, 6) is -0.296. The second kappa shape index (κ2) is 8.35. The van der Waals surface area contributed by atoms with Crippen molar-refractivity contribution in [3.05, 3.63) is 35.9 Å². The van der Waals surface area contributed by atoms with Gasteiger partial charge in [-0.2, -0.15) is 0 Å². The molecular formula is C12H15NO3. The first-order chi connectivity index (χ1) is 7.68. The molecule has 0 spiro atoms. The SMILES string of the molecule is C=O.Cc1ccccc1.O=C1CCC(=O)N1. The molecule has 2 amide bonds. The van der Waals surface area contributed by atoms with Gasteiger partial charge in [0, 0.05) is 12.8 Å². The Kier molecular flexibility index (Phi) is 7.32. The highest BCUT2D eigenvalue weighted by molar-refractivity contribution is 6.01. The fourth-order valence-corrected chi connectivity index (χ4v) is 1.04. The molecule has 0 atom stereocenters.